The Hall–Kier alpha value is -2.37. The number of hydrogen-bond donors (Lipinski definition) is 2. The third kappa shape index (κ3) is 3.70. The van der Waals surface area contributed by atoms with E-state index in [-0.39, 0.29) is 6.03 Å². The number of carbonyl (C=O) groups excluding carboxylic acids is 1. The van der Waals surface area contributed by atoms with E-state index in [1.807, 2.05) is 31.2 Å². The molecule has 1 aliphatic carbocycles. The van der Waals surface area contributed by atoms with Crippen LogP contribution < -0.4 is 10.6 Å². The van der Waals surface area contributed by atoms with Crippen molar-refractivity contribution < 1.29 is 4.79 Å². The molecule has 2 aromatic rings. The number of nitrogens with zero attached hydrogens (tertiary/aromatic N) is 3. The lowest BCUT2D eigenvalue weighted by molar-refractivity contribution is 0.241. The Morgan fingerprint density at radius 2 is 2.13 bits per heavy atom. The van der Waals surface area contributed by atoms with Gasteiger partial charge in [0.25, 0.3) is 0 Å². The third-order valence-electron chi connectivity index (χ3n) is 4.15. The second-order valence-corrected chi connectivity index (χ2v) is 5.83. The Labute approximate surface area is 136 Å². The van der Waals surface area contributed by atoms with Crippen molar-refractivity contribution in [3.05, 3.63) is 36.2 Å². The van der Waals surface area contributed by atoms with Crippen molar-refractivity contribution in [2.24, 2.45) is 0 Å². The molecule has 0 radical (unpaired) electrons. The summed E-state index contributed by atoms with van der Waals surface area (Å²) in [6, 6.07) is 8.21. The van der Waals surface area contributed by atoms with Gasteiger partial charge in [0.1, 0.15) is 0 Å². The van der Waals surface area contributed by atoms with Gasteiger partial charge in [-0.1, -0.05) is 18.9 Å². The van der Waals surface area contributed by atoms with Crippen molar-refractivity contribution in [2.45, 2.75) is 45.2 Å². The van der Waals surface area contributed by atoms with Crippen LogP contribution in [-0.2, 0) is 6.54 Å². The van der Waals surface area contributed by atoms with Crippen LogP contribution in [0.25, 0.3) is 11.4 Å². The zero-order chi connectivity index (χ0) is 16.1. The van der Waals surface area contributed by atoms with E-state index >= 15 is 0 Å². The first-order chi connectivity index (χ1) is 11.3. The number of rotatable bonds is 5. The van der Waals surface area contributed by atoms with Crippen molar-refractivity contribution in [1.82, 2.24) is 25.4 Å². The Morgan fingerprint density at radius 1 is 1.30 bits per heavy atom. The zero-order valence-corrected chi connectivity index (χ0v) is 13.5. The highest BCUT2D eigenvalue weighted by atomic mass is 16.2. The molecular formula is C17H23N5O. The molecule has 122 valence electrons. The highest BCUT2D eigenvalue weighted by Crippen LogP contribution is 2.33. The molecule has 3 rings (SSSR count). The molecule has 0 unspecified atom stereocenters. The largest absolute Gasteiger partial charge is 0.338 e. The fourth-order valence-corrected chi connectivity index (χ4v) is 3.06. The summed E-state index contributed by atoms with van der Waals surface area (Å²) in [4.78, 5) is 16.0. The monoisotopic (exact) mass is 313 g/mol. The van der Waals surface area contributed by atoms with Crippen LogP contribution in [0.1, 0.15) is 44.3 Å². The lowest BCUT2D eigenvalue weighted by atomic mass is 10.2. The summed E-state index contributed by atoms with van der Waals surface area (Å²) < 4.78 is 2.10. The van der Waals surface area contributed by atoms with Gasteiger partial charge >= 0.3 is 6.03 Å². The maximum Gasteiger partial charge on any atom is 0.315 e. The smallest absolute Gasteiger partial charge is 0.315 e. The summed E-state index contributed by atoms with van der Waals surface area (Å²) in [6.07, 6.45) is 6.61. The minimum Gasteiger partial charge on any atom is -0.338 e. The van der Waals surface area contributed by atoms with E-state index in [2.05, 4.69) is 20.3 Å². The van der Waals surface area contributed by atoms with E-state index in [0.29, 0.717) is 19.1 Å². The SMILES string of the molecule is CCNC(=O)NCc1cc(-c2ccccn2)n(C2CCCC2)n1. The molecule has 1 fully saturated rings. The Morgan fingerprint density at radius 3 is 2.83 bits per heavy atom. The molecule has 0 aromatic carbocycles. The van der Waals surface area contributed by atoms with Crippen molar-refractivity contribution in [3.63, 3.8) is 0 Å². The number of pyridine rings is 1. The number of aromatic nitrogens is 3. The fraction of sp³-hybridized carbons (Fsp3) is 0.471. The first-order valence-electron chi connectivity index (χ1n) is 8.29. The van der Waals surface area contributed by atoms with E-state index in [1.54, 1.807) is 6.20 Å². The second-order valence-electron chi connectivity index (χ2n) is 5.83. The average molecular weight is 313 g/mol. The third-order valence-corrected chi connectivity index (χ3v) is 4.15. The van der Waals surface area contributed by atoms with Gasteiger partial charge in [-0.3, -0.25) is 9.67 Å². The predicted octanol–water partition coefficient (Wildman–Crippen LogP) is 2.88. The van der Waals surface area contributed by atoms with Gasteiger partial charge in [-0.05, 0) is 38.0 Å². The van der Waals surface area contributed by atoms with E-state index in [1.165, 1.54) is 12.8 Å². The molecule has 0 bridgehead atoms. The molecule has 0 spiro atoms. The summed E-state index contributed by atoms with van der Waals surface area (Å²) in [5.41, 5.74) is 2.82. The van der Waals surface area contributed by atoms with Gasteiger partial charge in [0.15, 0.2) is 0 Å². The van der Waals surface area contributed by atoms with Gasteiger partial charge in [-0.2, -0.15) is 5.10 Å². The molecule has 6 heteroatoms. The average Bonchev–Trinajstić information content (AvgIpc) is 3.23. The summed E-state index contributed by atoms with van der Waals surface area (Å²) in [7, 11) is 0. The molecular weight excluding hydrogens is 290 g/mol. The predicted molar refractivity (Wildman–Crippen MR) is 88.9 cm³/mol. The van der Waals surface area contributed by atoms with Crippen molar-refractivity contribution >= 4 is 6.03 Å². The van der Waals surface area contributed by atoms with E-state index in [9.17, 15) is 4.79 Å². The van der Waals surface area contributed by atoms with E-state index in [0.717, 1.165) is 29.9 Å². The van der Waals surface area contributed by atoms with E-state index in [4.69, 9.17) is 5.10 Å². The van der Waals surface area contributed by atoms with Crippen LogP contribution in [0, 0.1) is 0 Å². The van der Waals surface area contributed by atoms with Gasteiger partial charge in [-0.15, -0.1) is 0 Å². The fourth-order valence-electron chi connectivity index (χ4n) is 3.06. The molecule has 0 atom stereocenters. The minimum atomic E-state index is -0.165. The number of urea groups is 1. The number of carbonyl (C=O) groups is 1. The van der Waals surface area contributed by atoms with E-state index < -0.39 is 0 Å². The second kappa shape index (κ2) is 7.26. The first kappa shape index (κ1) is 15.5. The van der Waals surface area contributed by atoms with Gasteiger partial charge in [0.05, 0.1) is 29.7 Å². The normalized spacial score (nSPS) is 14.8. The number of amides is 2. The van der Waals surface area contributed by atoms with Crippen LogP contribution in [0.15, 0.2) is 30.5 Å². The van der Waals surface area contributed by atoms with Crippen LogP contribution >= 0.6 is 0 Å². The lowest BCUT2D eigenvalue weighted by Crippen LogP contribution is -2.34. The van der Waals surface area contributed by atoms with Crippen molar-refractivity contribution in [3.8, 4) is 11.4 Å². The maximum absolute atomic E-state index is 11.6. The van der Waals surface area contributed by atoms with Crippen LogP contribution in [-0.4, -0.2) is 27.3 Å². The summed E-state index contributed by atoms with van der Waals surface area (Å²) in [5.74, 6) is 0. The van der Waals surface area contributed by atoms with Crippen LogP contribution in [0.5, 0.6) is 0 Å². The van der Waals surface area contributed by atoms with Gasteiger partial charge in [0.2, 0.25) is 0 Å². The highest BCUT2D eigenvalue weighted by Gasteiger charge is 2.22. The molecule has 6 nitrogen and oxygen atoms in total. The van der Waals surface area contributed by atoms with Gasteiger partial charge in [0, 0.05) is 12.7 Å². The first-order valence-corrected chi connectivity index (χ1v) is 8.29. The quantitative estimate of drug-likeness (QED) is 0.891. The molecule has 2 N–H and O–H groups in total. The van der Waals surface area contributed by atoms with Crippen LogP contribution in [0.2, 0.25) is 0 Å². The molecule has 23 heavy (non-hydrogen) atoms. The molecule has 1 aliphatic rings. The molecule has 0 aliphatic heterocycles. The minimum absolute atomic E-state index is 0.165. The van der Waals surface area contributed by atoms with Gasteiger partial charge < -0.3 is 10.6 Å². The van der Waals surface area contributed by atoms with Crippen molar-refractivity contribution in [2.75, 3.05) is 6.54 Å². The van der Waals surface area contributed by atoms with Crippen molar-refractivity contribution in [1.29, 1.82) is 0 Å². The Bertz CT molecular complexity index is 646. The van der Waals surface area contributed by atoms with Crippen LogP contribution in [0.3, 0.4) is 0 Å². The summed E-state index contributed by atoms with van der Waals surface area (Å²) in [5, 5.41) is 10.3. The molecule has 2 amide bonds. The number of nitrogens with one attached hydrogen (secondary N) is 2. The molecule has 2 aromatic heterocycles. The zero-order valence-electron chi connectivity index (χ0n) is 13.5. The maximum atomic E-state index is 11.6. The van der Waals surface area contributed by atoms with Crippen LogP contribution in [0.4, 0.5) is 4.79 Å². The topological polar surface area (TPSA) is 71.8 Å². The Balaban J connectivity index is 1.83. The molecule has 2 heterocycles. The highest BCUT2D eigenvalue weighted by molar-refractivity contribution is 5.73. The van der Waals surface area contributed by atoms with Gasteiger partial charge in [-0.25, -0.2) is 4.79 Å². The molecule has 0 saturated heterocycles. The lowest BCUT2D eigenvalue weighted by Gasteiger charge is -2.13. The standard InChI is InChI=1S/C17H23N5O/c1-2-18-17(23)20-12-13-11-16(15-9-5-6-10-19-15)22(21-13)14-7-3-4-8-14/h5-6,9-11,14H,2-4,7-8,12H2,1H3,(H2,18,20,23). The number of hydrogen-bond acceptors (Lipinski definition) is 3. The summed E-state index contributed by atoms with van der Waals surface area (Å²) in [6.45, 7) is 2.93. The Kier molecular flexibility index (Phi) is 4.90. The molecule has 1 saturated carbocycles. The summed E-state index contributed by atoms with van der Waals surface area (Å²) >= 11 is 0.